The maximum Gasteiger partial charge on any atom is 0.261 e. The van der Waals surface area contributed by atoms with Crippen molar-refractivity contribution in [1.29, 1.82) is 0 Å². The Morgan fingerprint density at radius 3 is 2.03 bits per heavy atom. The van der Waals surface area contributed by atoms with Crippen molar-refractivity contribution in [1.82, 2.24) is 5.32 Å². The summed E-state index contributed by atoms with van der Waals surface area (Å²) < 4.78 is 40.3. The van der Waals surface area contributed by atoms with Crippen LogP contribution in [-0.2, 0) is 10.0 Å². The zero-order valence-corrected chi connectivity index (χ0v) is 19.2. The second-order valence-electron chi connectivity index (χ2n) is 8.34. The summed E-state index contributed by atoms with van der Waals surface area (Å²) in [4.78, 5) is 25.2. The average Bonchev–Trinajstić information content (AvgIpc) is 2.73. The summed E-state index contributed by atoms with van der Waals surface area (Å²) in [5.41, 5.74) is 0.743. The molecule has 7 nitrogen and oxygen atoms in total. The third-order valence-corrected chi connectivity index (χ3v) is 5.83. The molecular weight excluding hydrogens is 445 g/mol. The van der Waals surface area contributed by atoms with E-state index in [-0.39, 0.29) is 22.1 Å². The van der Waals surface area contributed by atoms with Gasteiger partial charge in [-0.25, -0.2) is 12.8 Å². The number of nitrogens with one attached hydrogen (secondary N) is 3. The van der Waals surface area contributed by atoms with Gasteiger partial charge in [0.1, 0.15) is 5.82 Å². The third kappa shape index (κ3) is 6.39. The fourth-order valence-electron chi connectivity index (χ4n) is 2.91. The third-order valence-electron chi connectivity index (χ3n) is 4.43. The van der Waals surface area contributed by atoms with Crippen molar-refractivity contribution in [3.8, 4) is 0 Å². The van der Waals surface area contributed by atoms with Crippen LogP contribution in [0.1, 0.15) is 41.5 Å². The first-order chi connectivity index (χ1) is 15.4. The molecule has 0 unspecified atom stereocenters. The predicted molar refractivity (Wildman–Crippen MR) is 125 cm³/mol. The molecule has 3 N–H and O–H groups in total. The summed E-state index contributed by atoms with van der Waals surface area (Å²) in [5, 5.41) is 5.58. The van der Waals surface area contributed by atoms with E-state index < -0.39 is 27.3 Å². The Hall–Kier alpha value is -3.72. The highest BCUT2D eigenvalue weighted by molar-refractivity contribution is 7.92. The molecule has 33 heavy (non-hydrogen) atoms. The molecule has 3 aromatic rings. The van der Waals surface area contributed by atoms with Crippen LogP contribution >= 0.6 is 0 Å². The van der Waals surface area contributed by atoms with Gasteiger partial charge in [0.2, 0.25) is 0 Å². The number of amides is 2. The minimum absolute atomic E-state index is 0.0872. The van der Waals surface area contributed by atoms with Crippen LogP contribution < -0.4 is 15.4 Å². The van der Waals surface area contributed by atoms with Crippen LogP contribution in [0.15, 0.2) is 77.7 Å². The second-order valence-corrected chi connectivity index (χ2v) is 10.0. The molecule has 3 aromatic carbocycles. The molecule has 0 heterocycles. The van der Waals surface area contributed by atoms with Gasteiger partial charge in [0, 0.05) is 16.8 Å². The van der Waals surface area contributed by atoms with Crippen LogP contribution in [0, 0.1) is 5.82 Å². The summed E-state index contributed by atoms with van der Waals surface area (Å²) in [6.07, 6.45) is 0. The molecular formula is C24H24FN3O4S. The van der Waals surface area contributed by atoms with Gasteiger partial charge in [0.05, 0.1) is 16.1 Å². The Labute approximate surface area is 192 Å². The SMILES string of the molecule is CC(C)(C)NC(=O)c1ccccc1NC(=O)c1ccc(NS(=O)(=O)c2ccc(F)cc2)cc1. The van der Waals surface area contributed by atoms with Gasteiger partial charge in [0.25, 0.3) is 21.8 Å². The summed E-state index contributed by atoms with van der Waals surface area (Å²) in [5.74, 6) is -1.32. The quantitative estimate of drug-likeness (QED) is 0.497. The number of halogens is 1. The van der Waals surface area contributed by atoms with Crippen molar-refractivity contribution in [3.63, 3.8) is 0 Å². The van der Waals surface area contributed by atoms with Crippen LogP contribution in [0.3, 0.4) is 0 Å². The Morgan fingerprint density at radius 2 is 1.42 bits per heavy atom. The Kier molecular flexibility index (Phi) is 6.83. The van der Waals surface area contributed by atoms with E-state index in [2.05, 4.69) is 15.4 Å². The minimum atomic E-state index is -3.90. The number of rotatable bonds is 6. The second kappa shape index (κ2) is 9.41. The molecule has 0 saturated carbocycles. The highest BCUT2D eigenvalue weighted by Crippen LogP contribution is 2.20. The molecule has 0 fully saturated rings. The van der Waals surface area contributed by atoms with E-state index in [1.54, 1.807) is 24.3 Å². The summed E-state index contributed by atoms with van der Waals surface area (Å²) in [6, 6.07) is 16.9. The molecule has 0 spiro atoms. The molecule has 0 atom stereocenters. The summed E-state index contributed by atoms with van der Waals surface area (Å²) in [6.45, 7) is 5.58. The maximum atomic E-state index is 13.0. The predicted octanol–water partition coefficient (Wildman–Crippen LogP) is 4.41. The molecule has 0 aliphatic carbocycles. The van der Waals surface area contributed by atoms with Gasteiger partial charge < -0.3 is 10.6 Å². The molecule has 3 rings (SSSR count). The van der Waals surface area contributed by atoms with Gasteiger partial charge in [-0.15, -0.1) is 0 Å². The number of carbonyl (C=O) groups excluding carboxylic acids is 2. The molecule has 0 radical (unpaired) electrons. The minimum Gasteiger partial charge on any atom is -0.347 e. The number of anilines is 2. The highest BCUT2D eigenvalue weighted by atomic mass is 32.2. The van der Waals surface area contributed by atoms with Crippen LogP contribution in [-0.4, -0.2) is 25.8 Å². The lowest BCUT2D eigenvalue weighted by molar-refractivity contribution is 0.0920. The van der Waals surface area contributed by atoms with E-state index in [1.165, 1.54) is 24.3 Å². The molecule has 2 amide bonds. The number of sulfonamides is 1. The van der Waals surface area contributed by atoms with Gasteiger partial charge in [-0.1, -0.05) is 12.1 Å². The first-order valence-electron chi connectivity index (χ1n) is 10.1. The Morgan fingerprint density at radius 1 is 0.818 bits per heavy atom. The normalized spacial score (nSPS) is 11.5. The van der Waals surface area contributed by atoms with Gasteiger partial charge >= 0.3 is 0 Å². The Balaban J connectivity index is 1.73. The lowest BCUT2D eigenvalue weighted by Gasteiger charge is -2.21. The van der Waals surface area contributed by atoms with E-state index in [0.29, 0.717) is 11.3 Å². The van der Waals surface area contributed by atoms with Crippen molar-refractivity contribution in [2.24, 2.45) is 0 Å². The van der Waals surface area contributed by atoms with E-state index in [0.717, 1.165) is 24.3 Å². The number of carbonyl (C=O) groups is 2. The lowest BCUT2D eigenvalue weighted by atomic mass is 10.1. The fraction of sp³-hybridized carbons (Fsp3) is 0.167. The van der Waals surface area contributed by atoms with Crippen LogP contribution in [0.5, 0.6) is 0 Å². The van der Waals surface area contributed by atoms with E-state index >= 15 is 0 Å². The zero-order chi connectivity index (χ0) is 24.2. The van der Waals surface area contributed by atoms with E-state index in [1.807, 2.05) is 20.8 Å². The Bertz CT molecular complexity index is 1270. The molecule has 9 heteroatoms. The zero-order valence-electron chi connectivity index (χ0n) is 18.3. The number of hydrogen-bond donors (Lipinski definition) is 3. The van der Waals surface area contributed by atoms with E-state index in [9.17, 15) is 22.4 Å². The lowest BCUT2D eigenvalue weighted by Crippen LogP contribution is -2.40. The fourth-order valence-corrected chi connectivity index (χ4v) is 3.97. The van der Waals surface area contributed by atoms with Crippen molar-refractivity contribution < 1.29 is 22.4 Å². The summed E-state index contributed by atoms with van der Waals surface area (Å²) in [7, 11) is -3.90. The monoisotopic (exact) mass is 469 g/mol. The number of hydrogen-bond acceptors (Lipinski definition) is 4. The summed E-state index contributed by atoms with van der Waals surface area (Å²) >= 11 is 0. The first kappa shape index (κ1) is 23.9. The smallest absolute Gasteiger partial charge is 0.261 e. The standard InChI is InChI=1S/C24H24FN3O4S/c1-24(2,3)27-23(30)20-6-4-5-7-21(20)26-22(29)16-8-12-18(13-9-16)28-33(31,32)19-14-10-17(25)11-15-19/h4-15,28H,1-3H3,(H,26,29)(H,27,30). The first-order valence-corrected chi connectivity index (χ1v) is 11.5. The molecule has 0 aliphatic rings. The number of benzene rings is 3. The van der Waals surface area contributed by atoms with Gasteiger partial charge in [-0.05, 0) is 81.4 Å². The van der Waals surface area contributed by atoms with E-state index in [4.69, 9.17) is 0 Å². The average molecular weight is 470 g/mol. The molecule has 0 saturated heterocycles. The van der Waals surface area contributed by atoms with Crippen LogP contribution in [0.4, 0.5) is 15.8 Å². The van der Waals surface area contributed by atoms with Gasteiger partial charge in [-0.2, -0.15) is 0 Å². The highest BCUT2D eigenvalue weighted by Gasteiger charge is 2.19. The van der Waals surface area contributed by atoms with Crippen molar-refractivity contribution in [3.05, 3.63) is 89.7 Å². The van der Waals surface area contributed by atoms with Crippen LogP contribution in [0.2, 0.25) is 0 Å². The largest absolute Gasteiger partial charge is 0.347 e. The van der Waals surface area contributed by atoms with Crippen molar-refractivity contribution in [2.75, 3.05) is 10.0 Å². The van der Waals surface area contributed by atoms with Crippen molar-refractivity contribution >= 4 is 33.2 Å². The van der Waals surface area contributed by atoms with Gasteiger partial charge in [-0.3, -0.25) is 14.3 Å². The molecule has 0 aliphatic heterocycles. The van der Waals surface area contributed by atoms with Gasteiger partial charge in [0.15, 0.2) is 0 Å². The topological polar surface area (TPSA) is 104 Å². The van der Waals surface area contributed by atoms with Crippen LogP contribution in [0.25, 0.3) is 0 Å². The maximum absolute atomic E-state index is 13.0. The molecule has 0 bridgehead atoms. The molecule has 172 valence electrons. The number of para-hydroxylation sites is 1. The molecule has 0 aromatic heterocycles. The van der Waals surface area contributed by atoms with Crippen molar-refractivity contribution in [2.45, 2.75) is 31.2 Å².